The van der Waals surface area contributed by atoms with Gasteiger partial charge in [0.1, 0.15) is 0 Å². The molecule has 0 atom stereocenters. The summed E-state index contributed by atoms with van der Waals surface area (Å²) in [5.74, 6) is 0. The quantitative estimate of drug-likeness (QED) is 0.340. The van der Waals surface area contributed by atoms with Crippen LogP contribution < -0.4 is 0 Å². The average molecular weight is 364 g/mol. The molecule has 0 saturated heterocycles. The molecule has 4 aromatic carbocycles. The lowest BCUT2D eigenvalue weighted by atomic mass is 9.92. The molecule has 0 aromatic heterocycles. The molecule has 0 heterocycles. The minimum Gasteiger partial charge on any atom is -0.394 e. The lowest BCUT2D eigenvalue weighted by molar-refractivity contribution is 0.00466. The second-order valence-electron chi connectivity index (χ2n) is 6.58. The van der Waals surface area contributed by atoms with Crippen LogP contribution in [0.5, 0.6) is 0 Å². The highest BCUT2D eigenvalue weighted by molar-refractivity contribution is 6.23. The van der Waals surface area contributed by atoms with Crippen LogP contribution in [0.4, 0.5) is 0 Å². The molecule has 0 spiro atoms. The SMILES string of the molecule is OCCOCCOCCOCc1ccc2ccc3cccc4ccc1c2c34. The Kier molecular flexibility index (Phi) is 5.80. The second kappa shape index (κ2) is 8.63. The third kappa shape index (κ3) is 3.89. The summed E-state index contributed by atoms with van der Waals surface area (Å²) in [5, 5.41) is 16.4. The molecule has 0 fully saturated rings. The third-order valence-corrected chi connectivity index (χ3v) is 4.86. The lowest BCUT2D eigenvalue weighted by Crippen LogP contribution is -2.10. The van der Waals surface area contributed by atoms with Crippen LogP contribution >= 0.6 is 0 Å². The predicted octanol–water partition coefficient (Wildman–Crippen LogP) is 4.13. The van der Waals surface area contributed by atoms with Crippen molar-refractivity contribution < 1.29 is 19.3 Å². The largest absolute Gasteiger partial charge is 0.394 e. The van der Waals surface area contributed by atoms with Crippen LogP contribution in [0.25, 0.3) is 32.3 Å². The number of benzene rings is 4. The Balaban J connectivity index is 1.42. The van der Waals surface area contributed by atoms with E-state index in [1.54, 1.807) is 0 Å². The highest BCUT2D eigenvalue weighted by Crippen LogP contribution is 2.35. The first kappa shape index (κ1) is 18.1. The van der Waals surface area contributed by atoms with Gasteiger partial charge < -0.3 is 19.3 Å². The van der Waals surface area contributed by atoms with Crippen LogP contribution in [0.2, 0.25) is 0 Å². The van der Waals surface area contributed by atoms with Crippen molar-refractivity contribution in [2.75, 3.05) is 39.6 Å². The molecule has 0 saturated carbocycles. The normalized spacial score (nSPS) is 11.9. The van der Waals surface area contributed by atoms with Crippen molar-refractivity contribution in [3.05, 3.63) is 60.2 Å². The molecule has 140 valence electrons. The van der Waals surface area contributed by atoms with Crippen molar-refractivity contribution in [2.45, 2.75) is 6.61 Å². The van der Waals surface area contributed by atoms with E-state index in [-0.39, 0.29) is 6.61 Å². The zero-order chi connectivity index (χ0) is 18.5. The van der Waals surface area contributed by atoms with Gasteiger partial charge in [-0.1, -0.05) is 54.6 Å². The van der Waals surface area contributed by atoms with Crippen molar-refractivity contribution in [3.63, 3.8) is 0 Å². The summed E-state index contributed by atoms with van der Waals surface area (Å²) in [6.45, 7) is 3.06. The molecule has 0 bridgehead atoms. The average Bonchev–Trinajstić information content (AvgIpc) is 2.71. The minimum absolute atomic E-state index is 0.0441. The Bertz CT molecular complexity index is 995. The fourth-order valence-corrected chi connectivity index (χ4v) is 3.61. The lowest BCUT2D eigenvalue weighted by Gasteiger charge is -2.14. The Morgan fingerprint density at radius 2 is 1.19 bits per heavy atom. The molecule has 4 heteroatoms. The van der Waals surface area contributed by atoms with E-state index in [0.29, 0.717) is 39.6 Å². The summed E-state index contributed by atoms with van der Waals surface area (Å²) in [6, 6.07) is 19.6. The van der Waals surface area contributed by atoms with Crippen molar-refractivity contribution in [3.8, 4) is 0 Å². The zero-order valence-electron chi connectivity index (χ0n) is 15.3. The second-order valence-corrected chi connectivity index (χ2v) is 6.58. The molecule has 1 N–H and O–H groups in total. The van der Waals surface area contributed by atoms with Gasteiger partial charge in [0.2, 0.25) is 0 Å². The monoisotopic (exact) mass is 364 g/mol. The summed E-state index contributed by atoms with van der Waals surface area (Å²) in [6.07, 6.45) is 0. The molecule has 0 aliphatic rings. The summed E-state index contributed by atoms with van der Waals surface area (Å²) >= 11 is 0. The molecule has 4 nitrogen and oxygen atoms in total. The molecular formula is C23H24O4. The fraction of sp³-hybridized carbons (Fsp3) is 0.304. The predicted molar refractivity (Wildman–Crippen MR) is 109 cm³/mol. The van der Waals surface area contributed by atoms with Gasteiger partial charge in [0, 0.05) is 0 Å². The van der Waals surface area contributed by atoms with Crippen molar-refractivity contribution >= 4 is 32.3 Å². The Labute approximate surface area is 158 Å². The fourth-order valence-electron chi connectivity index (χ4n) is 3.61. The van der Waals surface area contributed by atoms with Crippen LogP contribution in [0.1, 0.15) is 5.56 Å². The van der Waals surface area contributed by atoms with E-state index in [2.05, 4.69) is 54.6 Å². The Morgan fingerprint density at radius 3 is 1.93 bits per heavy atom. The van der Waals surface area contributed by atoms with E-state index in [4.69, 9.17) is 19.3 Å². The van der Waals surface area contributed by atoms with Gasteiger partial charge in [-0.2, -0.15) is 0 Å². The van der Waals surface area contributed by atoms with Gasteiger partial charge in [-0.25, -0.2) is 0 Å². The van der Waals surface area contributed by atoms with Crippen molar-refractivity contribution in [1.82, 2.24) is 0 Å². The standard InChI is InChI=1S/C23H24O4/c24-10-11-25-12-13-26-14-15-27-16-20-7-6-19-5-4-17-2-1-3-18-8-9-21(20)23(19)22(17)18/h1-9,24H,10-16H2. The Hall–Kier alpha value is -2.24. The van der Waals surface area contributed by atoms with Gasteiger partial charge in [-0.3, -0.25) is 0 Å². The van der Waals surface area contributed by atoms with Crippen LogP contribution in [-0.2, 0) is 20.8 Å². The van der Waals surface area contributed by atoms with E-state index >= 15 is 0 Å². The van der Waals surface area contributed by atoms with Gasteiger partial charge in [0.15, 0.2) is 0 Å². The first-order chi connectivity index (χ1) is 13.4. The van der Waals surface area contributed by atoms with Gasteiger partial charge in [0.25, 0.3) is 0 Å². The van der Waals surface area contributed by atoms with E-state index < -0.39 is 0 Å². The van der Waals surface area contributed by atoms with Crippen LogP contribution in [-0.4, -0.2) is 44.7 Å². The van der Waals surface area contributed by atoms with Gasteiger partial charge in [0.05, 0.1) is 46.2 Å². The molecule has 0 radical (unpaired) electrons. The molecule has 0 amide bonds. The number of hydrogen-bond acceptors (Lipinski definition) is 4. The molecule has 4 aromatic rings. The minimum atomic E-state index is 0.0441. The van der Waals surface area contributed by atoms with Crippen LogP contribution in [0, 0.1) is 0 Å². The van der Waals surface area contributed by atoms with E-state index in [1.165, 1.54) is 37.9 Å². The highest BCUT2D eigenvalue weighted by Gasteiger charge is 2.10. The molecule has 0 unspecified atom stereocenters. The molecule has 4 rings (SSSR count). The maximum atomic E-state index is 8.63. The van der Waals surface area contributed by atoms with Crippen molar-refractivity contribution in [1.29, 1.82) is 0 Å². The molecule has 0 aliphatic heterocycles. The van der Waals surface area contributed by atoms with Gasteiger partial charge in [-0.15, -0.1) is 0 Å². The topological polar surface area (TPSA) is 47.9 Å². The molecule has 0 aliphatic carbocycles. The third-order valence-electron chi connectivity index (χ3n) is 4.86. The maximum Gasteiger partial charge on any atom is 0.0724 e. The summed E-state index contributed by atoms with van der Waals surface area (Å²) < 4.78 is 16.4. The summed E-state index contributed by atoms with van der Waals surface area (Å²) in [7, 11) is 0. The number of hydrogen-bond donors (Lipinski definition) is 1. The smallest absolute Gasteiger partial charge is 0.0724 e. The van der Waals surface area contributed by atoms with E-state index in [1.807, 2.05) is 0 Å². The van der Waals surface area contributed by atoms with Crippen LogP contribution in [0.15, 0.2) is 54.6 Å². The highest BCUT2D eigenvalue weighted by atomic mass is 16.5. The van der Waals surface area contributed by atoms with Gasteiger partial charge >= 0.3 is 0 Å². The Morgan fingerprint density at radius 1 is 0.593 bits per heavy atom. The zero-order valence-corrected chi connectivity index (χ0v) is 15.3. The first-order valence-corrected chi connectivity index (χ1v) is 9.38. The summed E-state index contributed by atoms with van der Waals surface area (Å²) in [5.41, 5.74) is 1.20. The summed E-state index contributed by atoms with van der Waals surface area (Å²) in [4.78, 5) is 0. The number of aliphatic hydroxyl groups is 1. The molecule has 27 heavy (non-hydrogen) atoms. The number of aliphatic hydroxyl groups excluding tert-OH is 1. The van der Waals surface area contributed by atoms with Gasteiger partial charge in [-0.05, 0) is 37.9 Å². The van der Waals surface area contributed by atoms with Crippen LogP contribution in [0.3, 0.4) is 0 Å². The van der Waals surface area contributed by atoms with Crippen molar-refractivity contribution in [2.24, 2.45) is 0 Å². The molecular weight excluding hydrogens is 340 g/mol. The number of ether oxygens (including phenoxy) is 3. The number of rotatable bonds is 10. The van der Waals surface area contributed by atoms with E-state index in [9.17, 15) is 0 Å². The van der Waals surface area contributed by atoms with E-state index in [0.717, 1.165) is 0 Å². The maximum absolute atomic E-state index is 8.63. The first-order valence-electron chi connectivity index (χ1n) is 9.38.